The highest BCUT2D eigenvalue weighted by Gasteiger charge is 2.23. The van der Waals surface area contributed by atoms with Crippen LogP contribution in [0.1, 0.15) is 41.6 Å². The Labute approximate surface area is 113 Å². The van der Waals surface area contributed by atoms with Gasteiger partial charge in [0, 0.05) is 0 Å². The lowest BCUT2D eigenvalue weighted by Gasteiger charge is -2.13. The first kappa shape index (κ1) is 12.2. The van der Waals surface area contributed by atoms with E-state index in [0.29, 0.717) is 0 Å². The fourth-order valence-corrected chi connectivity index (χ4v) is 2.37. The second-order valence-electron chi connectivity index (χ2n) is 5.12. The molecular weight excluding hydrogens is 236 g/mol. The number of rotatable bonds is 4. The van der Waals surface area contributed by atoms with Gasteiger partial charge in [-0.15, -0.1) is 0 Å². The van der Waals surface area contributed by atoms with Crippen LogP contribution in [0.5, 0.6) is 5.75 Å². The van der Waals surface area contributed by atoms with Gasteiger partial charge < -0.3 is 9.84 Å². The Bertz CT molecular complexity index is 556. The van der Waals surface area contributed by atoms with Gasteiger partial charge in [0.1, 0.15) is 11.9 Å². The zero-order valence-electron chi connectivity index (χ0n) is 11.0. The van der Waals surface area contributed by atoms with E-state index in [1.807, 2.05) is 36.4 Å². The molecule has 0 bridgehead atoms. The summed E-state index contributed by atoms with van der Waals surface area (Å²) in [5.41, 5.74) is 3.18. The molecule has 2 aromatic rings. The van der Waals surface area contributed by atoms with Crippen LogP contribution in [0.2, 0.25) is 0 Å². The summed E-state index contributed by atoms with van der Waals surface area (Å²) in [4.78, 5) is 0. The zero-order chi connectivity index (χ0) is 13.2. The van der Waals surface area contributed by atoms with Gasteiger partial charge in [-0.05, 0) is 47.6 Å². The smallest absolute Gasteiger partial charge is 0.119 e. The third kappa shape index (κ3) is 2.64. The number of aliphatic hydroxyl groups is 1. The van der Waals surface area contributed by atoms with Gasteiger partial charge in [-0.25, -0.2) is 0 Å². The van der Waals surface area contributed by atoms with Crippen molar-refractivity contribution in [2.75, 3.05) is 7.11 Å². The Morgan fingerprint density at radius 2 is 1.79 bits per heavy atom. The Morgan fingerprint density at radius 1 is 1.05 bits per heavy atom. The summed E-state index contributed by atoms with van der Waals surface area (Å²) in [5, 5.41) is 10.4. The van der Waals surface area contributed by atoms with E-state index in [1.165, 1.54) is 18.4 Å². The standard InChI is InChI=1S/C17H18O2/c1-19-16-4-2-3-15(11-16)17(18)14-9-7-13(8-10-14)12-5-6-12/h2-4,7-12,17-18H,5-6H2,1H3. The van der Waals surface area contributed by atoms with Gasteiger partial charge in [0.05, 0.1) is 7.11 Å². The number of aliphatic hydroxyl groups excluding tert-OH is 1. The minimum atomic E-state index is -0.594. The molecule has 1 aliphatic carbocycles. The van der Waals surface area contributed by atoms with Crippen molar-refractivity contribution in [1.82, 2.24) is 0 Å². The highest BCUT2D eigenvalue weighted by molar-refractivity contribution is 5.37. The molecule has 1 saturated carbocycles. The molecule has 98 valence electrons. The summed E-state index contributed by atoms with van der Waals surface area (Å²) in [7, 11) is 1.63. The van der Waals surface area contributed by atoms with Crippen molar-refractivity contribution in [1.29, 1.82) is 0 Å². The van der Waals surface area contributed by atoms with Gasteiger partial charge in [0.2, 0.25) is 0 Å². The number of ether oxygens (including phenoxy) is 1. The molecule has 2 nitrogen and oxygen atoms in total. The number of methoxy groups -OCH3 is 1. The maximum absolute atomic E-state index is 10.4. The van der Waals surface area contributed by atoms with Crippen molar-refractivity contribution < 1.29 is 9.84 Å². The predicted molar refractivity (Wildman–Crippen MR) is 75.5 cm³/mol. The monoisotopic (exact) mass is 254 g/mol. The van der Waals surface area contributed by atoms with Crippen molar-refractivity contribution in [3.63, 3.8) is 0 Å². The van der Waals surface area contributed by atoms with Crippen molar-refractivity contribution in [2.45, 2.75) is 24.9 Å². The van der Waals surface area contributed by atoms with Crippen LogP contribution in [0.4, 0.5) is 0 Å². The summed E-state index contributed by atoms with van der Waals surface area (Å²) < 4.78 is 5.19. The second kappa shape index (κ2) is 5.06. The van der Waals surface area contributed by atoms with Crippen LogP contribution in [0, 0.1) is 0 Å². The summed E-state index contributed by atoms with van der Waals surface area (Å²) in [5.74, 6) is 1.52. The van der Waals surface area contributed by atoms with Crippen molar-refractivity contribution in [2.24, 2.45) is 0 Å². The molecule has 0 spiro atoms. The number of hydrogen-bond donors (Lipinski definition) is 1. The third-order valence-corrected chi connectivity index (χ3v) is 3.71. The SMILES string of the molecule is COc1cccc(C(O)c2ccc(C3CC3)cc2)c1. The molecule has 0 saturated heterocycles. The first-order valence-electron chi connectivity index (χ1n) is 6.70. The van der Waals surface area contributed by atoms with Crippen LogP contribution >= 0.6 is 0 Å². The fourth-order valence-electron chi connectivity index (χ4n) is 2.37. The summed E-state index contributed by atoms with van der Waals surface area (Å²) in [6, 6.07) is 15.9. The maximum Gasteiger partial charge on any atom is 0.119 e. The Morgan fingerprint density at radius 3 is 2.42 bits per heavy atom. The van der Waals surface area contributed by atoms with Crippen LogP contribution < -0.4 is 4.74 Å². The van der Waals surface area contributed by atoms with Crippen molar-refractivity contribution in [3.05, 3.63) is 65.2 Å². The average molecular weight is 254 g/mol. The van der Waals surface area contributed by atoms with Gasteiger partial charge in [-0.1, -0.05) is 36.4 Å². The highest BCUT2D eigenvalue weighted by Crippen LogP contribution is 2.40. The number of hydrogen-bond acceptors (Lipinski definition) is 2. The topological polar surface area (TPSA) is 29.5 Å². The fraction of sp³-hybridized carbons (Fsp3) is 0.294. The zero-order valence-corrected chi connectivity index (χ0v) is 11.0. The quantitative estimate of drug-likeness (QED) is 0.902. The molecule has 0 aliphatic heterocycles. The van der Waals surface area contributed by atoms with E-state index in [2.05, 4.69) is 12.1 Å². The molecule has 1 N–H and O–H groups in total. The van der Waals surface area contributed by atoms with Gasteiger partial charge in [-0.2, -0.15) is 0 Å². The van der Waals surface area contributed by atoms with E-state index in [0.717, 1.165) is 22.8 Å². The molecular formula is C17H18O2. The molecule has 2 aromatic carbocycles. The van der Waals surface area contributed by atoms with E-state index in [-0.39, 0.29) is 0 Å². The lowest BCUT2D eigenvalue weighted by Crippen LogP contribution is -2.00. The van der Waals surface area contributed by atoms with E-state index >= 15 is 0 Å². The molecule has 1 fully saturated rings. The summed E-state index contributed by atoms with van der Waals surface area (Å²) in [6.07, 6.45) is 2.01. The Balaban J connectivity index is 1.83. The minimum Gasteiger partial charge on any atom is -0.497 e. The van der Waals surface area contributed by atoms with Gasteiger partial charge >= 0.3 is 0 Å². The largest absolute Gasteiger partial charge is 0.497 e. The van der Waals surface area contributed by atoms with Crippen LogP contribution in [-0.4, -0.2) is 12.2 Å². The molecule has 1 aliphatic rings. The van der Waals surface area contributed by atoms with Gasteiger partial charge in [-0.3, -0.25) is 0 Å². The van der Waals surface area contributed by atoms with E-state index in [9.17, 15) is 5.11 Å². The van der Waals surface area contributed by atoms with Crippen LogP contribution in [0.15, 0.2) is 48.5 Å². The Hall–Kier alpha value is -1.80. The van der Waals surface area contributed by atoms with Gasteiger partial charge in [0.15, 0.2) is 0 Å². The molecule has 0 radical (unpaired) electrons. The average Bonchev–Trinajstić information content (AvgIpc) is 3.31. The first-order chi connectivity index (χ1) is 9.28. The maximum atomic E-state index is 10.4. The van der Waals surface area contributed by atoms with E-state index < -0.39 is 6.10 Å². The molecule has 1 atom stereocenters. The Kier molecular flexibility index (Phi) is 3.26. The molecule has 0 heterocycles. The van der Waals surface area contributed by atoms with Crippen molar-refractivity contribution >= 4 is 0 Å². The van der Waals surface area contributed by atoms with Crippen LogP contribution in [0.3, 0.4) is 0 Å². The summed E-state index contributed by atoms with van der Waals surface area (Å²) >= 11 is 0. The van der Waals surface area contributed by atoms with Crippen LogP contribution in [0.25, 0.3) is 0 Å². The molecule has 0 aromatic heterocycles. The molecule has 1 unspecified atom stereocenters. The van der Waals surface area contributed by atoms with E-state index in [4.69, 9.17) is 4.74 Å². The van der Waals surface area contributed by atoms with E-state index in [1.54, 1.807) is 7.11 Å². The third-order valence-electron chi connectivity index (χ3n) is 3.71. The lowest BCUT2D eigenvalue weighted by molar-refractivity contribution is 0.220. The predicted octanol–water partition coefficient (Wildman–Crippen LogP) is 3.65. The molecule has 3 rings (SSSR count). The first-order valence-corrected chi connectivity index (χ1v) is 6.70. The molecule has 2 heteroatoms. The lowest BCUT2D eigenvalue weighted by atomic mass is 9.99. The molecule has 19 heavy (non-hydrogen) atoms. The second-order valence-corrected chi connectivity index (χ2v) is 5.12. The van der Waals surface area contributed by atoms with Crippen LogP contribution in [-0.2, 0) is 0 Å². The highest BCUT2D eigenvalue weighted by atomic mass is 16.5. The molecule has 0 amide bonds. The summed E-state index contributed by atoms with van der Waals surface area (Å²) in [6.45, 7) is 0. The van der Waals surface area contributed by atoms with Crippen molar-refractivity contribution in [3.8, 4) is 5.75 Å². The van der Waals surface area contributed by atoms with Gasteiger partial charge in [0.25, 0.3) is 0 Å². The normalized spacial score (nSPS) is 16.1. The number of benzene rings is 2. The minimum absolute atomic E-state index is 0.594.